The van der Waals surface area contributed by atoms with Crippen LogP contribution in [0, 0.1) is 0 Å². The second-order valence-corrected chi connectivity index (χ2v) is 5.01. The van der Waals surface area contributed by atoms with Gasteiger partial charge in [0.15, 0.2) is 0 Å². The third kappa shape index (κ3) is 1.99. The van der Waals surface area contributed by atoms with E-state index in [9.17, 15) is 9.59 Å². The zero-order valence-electron chi connectivity index (χ0n) is 11.8. The number of hydrogen-bond donors (Lipinski definition) is 1. The number of carbonyl (C=O) groups excluding carboxylic acids is 2. The Morgan fingerprint density at radius 3 is 2.86 bits per heavy atom. The maximum absolute atomic E-state index is 12.5. The van der Waals surface area contributed by atoms with Gasteiger partial charge in [-0.05, 0) is 11.1 Å². The van der Waals surface area contributed by atoms with Crippen LogP contribution in [0.3, 0.4) is 0 Å². The zero-order valence-corrected chi connectivity index (χ0v) is 11.8. The van der Waals surface area contributed by atoms with Crippen molar-refractivity contribution < 1.29 is 14.4 Å². The first-order chi connectivity index (χ1) is 10.2. The third-order valence-electron chi connectivity index (χ3n) is 3.87. The highest BCUT2D eigenvalue weighted by molar-refractivity contribution is 5.90. The molecule has 0 aliphatic carbocycles. The molecule has 2 aliphatic rings. The van der Waals surface area contributed by atoms with Gasteiger partial charge in [0, 0.05) is 7.05 Å². The number of likely N-dealkylation sites (N-methyl/N-ethyl adjacent to an activating group) is 1. The number of amides is 3. The Kier molecular flexibility index (Phi) is 3.39. The Balaban J connectivity index is 2.05. The molecule has 2 atom stereocenters. The van der Waals surface area contributed by atoms with Crippen LogP contribution < -0.4 is 5.32 Å². The van der Waals surface area contributed by atoms with Crippen LogP contribution in [0.5, 0.6) is 0 Å². The van der Waals surface area contributed by atoms with E-state index in [0.717, 1.165) is 11.1 Å². The van der Waals surface area contributed by atoms with Crippen LogP contribution in [-0.2, 0) is 9.63 Å². The molecule has 6 nitrogen and oxygen atoms in total. The van der Waals surface area contributed by atoms with Gasteiger partial charge in [-0.3, -0.25) is 9.63 Å². The van der Waals surface area contributed by atoms with E-state index in [2.05, 4.69) is 11.9 Å². The van der Waals surface area contributed by atoms with Crippen LogP contribution in [0.4, 0.5) is 4.79 Å². The van der Waals surface area contributed by atoms with Crippen molar-refractivity contribution in [1.29, 1.82) is 0 Å². The van der Waals surface area contributed by atoms with Gasteiger partial charge in [-0.2, -0.15) is 5.06 Å². The highest BCUT2D eigenvalue weighted by Crippen LogP contribution is 2.43. The number of fused-ring (bicyclic) bond motifs is 4. The summed E-state index contributed by atoms with van der Waals surface area (Å²) in [6.45, 7) is 4.29. The lowest BCUT2D eigenvalue weighted by Crippen LogP contribution is -2.42. The molecular formula is C15H17N3O3. The number of hydroxylamine groups is 2. The second-order valence-electron chi connectivity index (χ2n) is 5.01. The van der Waals surface area contributed by atoms with Gasteiger partial charge >= 0.3 is 6.03 Å². The number of hydrogen-bond acceptors (Lipinski definition) is 3. The Hall–Kier alpha value is -2.34. The summed E-state index contributed by atoms with van der Waals surface area (Å²) in [6, 6.07) is 6.53. The standard InChI is InChI=1S/C15H17N3O3/c1-3-8-21-18-12-9-17(15(18)20)13(14(19)16-2)11-7-5-4-6-10(11)12/h3-7,12-13H,1,8-9H2,2H3,(H,16,19)/t12-,13+/m0/s1. The molecule has 1 saturated heterocycles. The SMILES string of the molecule is C=CCON1C(=O)N2C[C@H]1c1ccccc1[C@@H]2C(=O)NC. The van der Waals surface area contributed by atoms with E-state index in [4.69, 9.17) is 4.84 Å². The van der Waals surface area contributed by atoms with E-state index < -0.39 is 6.04 Å². The second kappa shape index (κ2) is 5.21. The number of nitrogens with zero attached hydrogens (tertiary/aromatic N) is 2. The van der Waals surface area contributed by atoms with Crippen LogP contribution in [0.2, 0.25) is 0 Å². The number of carbonyl (C=O) groups is 2. The molecule has 1 aromatic carbocycles. The molecule has 2 heterocycles. The molecule has 0 aromatic heterocycles. The molecule has 1 fully saturated rings. The number of urea groups is 1. The summed E-state index contributed by atoms with van der Waals surface area (Å²) >= 11 is 0. The monoisotopic (exact) mass is 287 g/mol. The molecule has 1 aromatic rings. The molecule has 0 unspecified atom stereocenters. The van der Waals surface area contributed by atoms with Crippen LogP contribution in [0.1, 0.15) is 23.2 Å². The smallest absolute Gasteiger partial charge is 0.345 e. The van der Waals surface area contributed by atoms with Crippen LogP contribution >= 0.6 is 0 Å². The van der Waals surface area contributed by atoms with Crippen molar-refractivity contribution in [2.45, 2.75) is 12.1 Å². The molecule has 0 radical (unpaired) electrons. The van der Waals surface area contributed by atoms with Crippen LogP contribution in [-0.4, -0.2) is 42.1 Å². The number of nitrogens with one attached hydrogen (secondary N) is 1. The van der Waals surface area contributed by atoms with E-state index in [1.165, 1.54) is 5.06 Å². The molecule has 110 valence electrons. The normalized spacial score (nSPS) is 23.0. The summed E-state index contributed by atoms with van der Waals surface area (Å²) in [4.78, 5) is 31.7. The quantitative estimate of drug-likeness (QED) is 0.851. The van der Waals surface area contributed by atoms with Crippen LogP contribution in [0.25, 0.3) is 0 Å². The largest absolute Gasteiger partial charge is 0.357 e. The molecule has 2 bridgehead atoms. The van der Waals surface area contributed by atoms with Crippen molar-refractivity contribution in [3.63, 3.8) is 0 Å². The summed E-state index contributed by atoms with van der Waals surface area (Å²) in [6.07, 6.45) is 1.59. The fourth-order valence-electron chi connectivity index (χ4n) is 2.97. The maximum Gasteiger partial charge on any atom is 0.345 e. The Morgan fingerprint density at radius 2 is 2.19 bits per heavy atom. The minimum atomic E-state index is -0.604. The van der Waals surface area contributed by atoms with Crippen molar-refractivity contribution in [1.82, 2.24) is 15.3 Å². The summed E-state index contributed by atoms with van der Waals surface area (Å²) in [5.41, 5.74) is 1.81. The van der Waals surface area contributed by atoms with Gasteiger partial charge in [-0.25, -0.2) is 4.79 Å². The van der Waals surface area contributed by atoms with E-state index in [0.29, 0.717) is 6.54 Å². The lowest BCUT2D eigenvalue weighted by Gasteiger charge is -2.31. The molecule has 0 spiro atoms. The first kappa shape index (κ1) is 13.6. The lowest BCUT2D eigenvalue weighted by molar-refractivity contribution is -0.125. The fraction of sp³-hybridized carbons (Fsp3) is 0.333. The average molecular weight is 287 g/mol. The van der Waals surface area contributed by atoms with E-state index >= 15 is 0 Å². The molecule has 21 heavy (non-hydrogen) atoms. The summed E-state index contributed by atoms with van der Waals surface area (Å²) in [5.74, 6) is -0.195. The highest BCUT2D eigenvalue weighted by Gasteiger charge is 2.50. The topological polar surface area (TPSA) is 61.9 Å². The average Bonchev–Trinajstić information content (AvgIpc) is 2.79. The fourth-order valence-corrected chi connectivity index (χ4v) is 2.97. The molecule has 3 rings (SSSR count). The Labute approximate surface area is 122 Å². The summed E-state index contributed by atoms with van der Waals surface area (Å²) in [7, 11) is 1.57. The van der Waals surface area contributed by atoms with Gasteiger partial charge < -0.3 is 10.2 Å². The van der Waals surface area contributed by atoms with Gasteiger partial charge in [-0.15, -0.1) is 6.58 Å². The van der Waals surface area contributed by atoms with Gasteiger partial charge in [0.05, 0.1) is 13.2 Å². The summed E-state index contributed by atoms with van der Waals surface area (Å²) in [5, 5.41) is 3.98. The lowest BCUT2D eigenvalue weighted by atomic mass is 9.91. The zero-order chi connectivity index (χ0) is 15.0. The van der Waals surface area contributed by atoms with Gasteiger partial charge in [0.1, 0.15) is 12.1 Å². The molecule has 1 N–H and O–H groups in total. The van der Waals surface area contributed by atoms with Crippen molar-refractivity contribution in [3.05, 3.63) is 48.0 Å². The minimum absolute atomic E-state index is 0.186. The van der Waals surface area contributed by atoms with Gasteiger partial charge in [0.2, 0.25) is 5.91 Å². The highest BCUT2D eigenvalue weighted by atomic mass is 16.7. The number of rotatable bonds is 4. The van der Waals surface area contributed by atoms with E-state index in [1.807, 2.05) is 24.3 Å². The Morgan fingerprint density at radius 1 is 1.48 bits per heavy atom. The van der Waals surface area contributed by atoms with E-state index in [-0.39, 0.29) is 24.6 Å². The molecule has 0 saturated carbocycles. The molecule has 6 heteroatoms. The van der Waals surface area contributed by atoms with Crippen molar-refractivity contribution in [3.8, 4) is 0 Å². The molecule has 3 amide bonds. The number of benzene rings is 1. The predicted molar refractivity (Wildman–Crippen MR) is 76.1 cm³/mol. The molecular weight excluding hydrogens is 270 g/mol. The predicted octanol–water partition coefficient (Wildman–Crippen LogP) is 1.38. The Bertz CT molecular complexity index is 602. The van der Waals surface area contributed by atoms with E-state index in [1.54, 1.807) is 18.0 Å². The first-order valence-electron chi connectivity index (χ1n) is 6.83. The van der Waals surface area contributed by atoms with Gasteiger partial charge in [-0.1, -0.05) is 30.3 Å². The van der Waals surface area contributed by atoms with Crippen molar-refractivity contribution in [2.24, 2.45) is 0 Å². The van der Waals surface area contributed by atoms with Gasteiger partial charge in [0.25, 0.3) is 0 Å². The van der Waals surface area contributed by atoms with Crippen LogP contribution in [0.15, 0.2) is 36.9 Å². The van der Waals surface area contributed by atoms with Crippen molar-refractivity contribution in [2.75, 3.05) is 20.2 Å². The summed E-state index contributed by atoms with van der Waals surface area (Å²) < 4.78 is 0. The minimum Gasteiger partial charge on any atom is -0.357 e. The molecule has 2 aliphatic heterocycles. The van der Waals surface area contributed by atoms with Crippen molar-refractivity contribution >= 4 is 11.9 Å². The third-order valence-corrected chi connectivity index (χ3v) is 3.87. The maximum atomic E-state index is 12.5. The first-order valence-corrected chi connectivity index (χ1v) is 6.83.